The number of rotatable bonds is 4. The Labute approximate surface area is 111 Å². The van der Waals surface area contributed by atoms with E-state index in [0.717, 1.165) is 0 Å². The molecule has 19 heavy (non-hydrogen) atoms. The largest absolute Gasteiger partial charge is 0.464 e. The Morgan fingerprint density at radius 3 is 2.74 bits per heavy atom. The van der Waals surface area contributed by atoms with Crippen molar-refractivity contribution in [3.8, 4) is 0 Å². The van der Waals surface area contributed by atoms with Crippen LogP contribution in [-0.2, 0) is 16.6 Å². The van der Waals surface area contributed by atoms with Gasteiger partial charge in [0.25, 0.3) is 10.0 Å². The van der Waals surface area contributed by atoms with Crippen molar-refractivity contribution in [3.63, 3.8) is 0 Å². The number of pyridine rings is 1. The van der Waals surface area contributed by atoms with Crippen molar-refractivity contribution in [2.45, 2.75) is 25.3 Å². The SMILES string of the molecule is Cc1ncccc1NS(=O)(=O)c1cc(CN)oc1C. The lowest BCUT2D eigenvalue weighted by atomic mass is 10.3. The van der Waals surface area contributed by atoms with Gasteiger partial charge in [-0.2, -0.15) is 0 Å². The van der Waals surface area contributed by atoms with E-state index in [1.807, 2.05) is 0 Å². The van der Waals surface area contributed by atoms with E-state index in [2.05, 4.69) is 9.71 Å². The summed E-state index contributed by atoms with van der Waals surface area (Å²) in [7, 11) is -3.70. The summed E-state index contributed by atoms with van der Waals surface area (Å²) in [5.41, 5.74) is 6.48. The fourth-order valence-corrected chi connectivity index (χ4v) is 3.01. The monoisotopic (exact) mass is 281 g/mol. The van der Waals surface area contributed by atoms with Gasteiger partial charge in [-0.15, -0.1) is 0 Å². The number of sulfonamides is 1. The minimum atomic E-state index is -3.70. The smallest absolute Gasteiger partial charge is 0.265 e. The molecule has 2 aromatic heterocycles. The first-order valence-corrected chi connectivity index (χ1v) is 7.16. The maximum Gasteiger partial charge on any atom is 0.265 e. The van der Waals surface area contributed by atoms with E-state index in [1.54, 1.807) is 32.2 Å². The summed E-state index contributed by atoms with van der Waals surface area (Å²) < 4.78 is 32.3. The minimum absolute atomic E-state index is 0.0937. The third kappa shape index (κ3) is 2.77. The molecule has 0 aliphatic rings. The summed E-state index contributed by atoms with van der Waals surface area (Å²) in [6, 6.07) is 4.75. The molecule has 0 unspecified atom stereocenters. The lowest BCUT2D eigenvalue weighted by Crippen LogP contribution is -2.14. The molecule has 0 saturated carbocycles. The molecule has 0 atom stereocenters. The van der Waals surface area contributed by atoms with E-state index in [1.165, 1.54) is 6.07 Å². The summed E-state index contributed by atoms with van der Waals surface area (Å²) >= 11 is 0. The Hall–Kier alpha value is -1.86. The first-order valence-electron chi connectivity index (χ1n) is 5.68. The summed E-state index contributed by atoms with van der Waals surface area (Å²) in [4.78, 5) is 4.12. The molecule has 0 fully saturated rings. The van der Waals surface area contributed by atoms with Gasteiger partial charge in [0, 0.05) is 12.3 Å². The number of anilines is 1. The highest BCUT2D eigenvalue weighted by molar-refractivity contribution is 7.92. The predicted octanol–water partition coefficient (Wildman–Crippen LogP) is 1.55. The predicted molar refractivity (Wildman–Crippen MR) is 71.1 cm³/mol. The molecule has 0 bridgehead atoms. The Morgan fingerprint density at radius 2 is 2.16 bits per heavy atom. The summed E-state index contributed by atoms with van der Waals surface area (Å²) in [5.74, 6) is 0.746. The fraction of sp³-hybridized carbons (Fsp3) is 0.250. The number of aromatic nitrogens is 1. The Bertz CT molecular complexity index is 692. The van der Waals surface area contributed by atoms with Crippen LogP contribution in [0.5, 0.6) is 0 Å². The Kier molecular flexibility index (Phi) is 3.59. The van der Waals surface area contributed by atoms with Gasteiger partial charge in [-0.05, 0) is 26.0 Å². The van der Waals surface area contributed by atoms with E-state index in [4.69, 9.17) is 10.2 Å². The minimum Gasteiger partial charge on any atom is -0.464 e. The standard InChI is InChI=1S/C12H15N3O3S/c1-8-11(4-3-5-14-8)15-19(16,17)12-6-10(7-13)18-9(12)2/h3-6,15H,7,13H2,1-2H3. The zero-order chi connectivity index (χ0) is 14.0. The third-order valence-corrected chi connectivity index (χ3v) is 4.14. The highest BCUT2D eigenvalue weighted by Crippen LogP contribution is 2.23. The van der Waals surface area contributed by atoms with E-state index < -0.39 is 10.0 Å². The van der Waals surface area contributed by atoms with Crippen molar-refractivity contribution in [2.75, 3.05) is 4.72 Å². The highest BCUT2D eigenvalue weighted by Gasteiger charge is 2.21. The van der Waals surface area contributed by atoms with Gasteiger partial charge in [0.1, 0.15) is 16.4 Å². The number of nitrogens with zero attached hydrogens (tertiary/aromatic N) is 1. The Balaban J connectivity index is 2.38. The lowest BCUT2D eigenvalue weighted by Gasteiger charge is -2.08. The Morgan fingerprint density at radius 1 is 1.42 bits per heavy atom. The van der Waals surface area contributed by atoms with E-state index in [-0.39, 0.29) is 11.4 Å². The van der Waals surface area contributed by atoms with Crippen molar-refractivity contribution in [3.05, 3.63) is 41.6 Å². The van der Waals surface area contributed by atoms with Gasteiger partial charge < -0.3 is 10.2 Å². The number of nitrogens with two attached hydrogens (primary N) is 1. The van der Waals surface area contributed by atoms with Gasteiger partial charge in [-0.3, -0.25) is 9.71 Å². The fourth-order valence-electron chi connectivity index (χ4n) is 1.68. The molecule has 6 nitrogen and oxygen atoms in total. The molecular formula is C12H15N3O3S. The van der Waals surface area contributed by atoms with Crippen LogP contribution in [0.3, 0.4) is 0 Å². The van der Waals surface area contributed by atoms with Gasteiger partial charge >= 0.3 is 0 Å². The number of aryl methyl sites for hydroxylation is 2. The van der Waals surface area contributed by atoms with Crippen LogP contribution >= 0.6 is 0 Å². The van der Waals surface area contributed by atoms with Gasteiger partial charge in [-0.25, -0.2) is 8.42 Å². The summed E-state index contributed by atoms with van der Waals surface area (Å²) in [6.07, 6.45) is 1.60. The third-order valence-electron chi connectivity index (χ3n) is 2.67. The van der Waals surface area contributed by atoms with Crippen LogP contribution in [0, 0.1) is 13.8 Å². The second-order valence-electron chi connectivity index (χ2n) is 4.08. The number of furan rings is 1. The first-order chi connectivity index (χ1) is 8.94. The van der Waals surface area contributed by atoms with E-state index in [0.29, 0.717) is 22.9 Å². The van der Waals surface area contributed by atoms with Crippen molar-refractivity contribution in [1.82, 2.24) is 4.98 Å². The zero-order valence-electron chi connectivity index (χ0n) is 10.7. The van der Waals surface area contributed by atoms with E-state index in [9.17, 15) is 8.42 Å². The topological polar surface area (TPSA) is 98.2 Å². The quantitative estimate of drug-likeness (QED) is 0.886. The molecular weight excluding hydrogens is 266 g/mol. The lowest BCUT2D eigenvalue weighted by molar-refractivity contribution is 0.479. The van der Waals surface area contributed by atoms with Crippen molar-refractivity contribution in [2.24, 2.45) is 5.73 Å². The second-order valence-corrected chi connectivity index (χ2v) is 5.73. The molecule has 0 spiro atoms. The van der Waals surface area contributed by atoms with Gasteiger partial charge in [0.2, 0.25) is 0 Å². The number of hydrogen-bond donors (Lipinski definition) is 2. The van der Waals surface area contributed by atoms with Crippen LogP contribution < -0.4 is 10.5 Å². The zero-order valence-corrected chi connectivity index (χ0v) is 11.5. The van der Waals surface area contributed by atoms with Gasteiger partial charge in [-0.1, -0.05) is 0 Å². The van der Waals surface area contributed by atoms with Crippen LogP contribution in [0.2, 0.25) is 0 Å². The normalized spacial score (nSPS) is 11.5. The van der Waals surface area contributed by atoms with Crippen molar-refractivity contribution in [1.29, 1.82) is 0 Å². The van der Waals surface area contributed by atoms with Crippen LogP contribution in [0.15, 0.2) is 33.7 Å². The molecule has 3 N–H and O–H groups in total. The number of hydrogen-bond acceptors (Lipinski definition) is 5. The second kappa shape index (κ2) is 5.02. The maximum absolute atomic E-state index is 12.3. The molecule has 0 amide bonds. The molecule has 2 heterocycles. The van der Waals surface area contributed by atoms with Crippen LogP contribution in [-0.4, -0.2) is 13.4 Å². The molecule has 0 saturated heterocycles. The molecule has 102 valence electrons. The first kappa shape index (κ1) is 13.6. The molecule has 0 aliphatic carbocycles. The maximum atomic E-state index is 12.3. The molecule has 0 aromatic carbocycles. The highest BCUT2D eigenvalue weighted by atomic mass is 32.2. The molecule has 0 radical (unpaired) electrons. The van der Waals surface area contributed by atoms with Gasteiger partial charge in [0.15, 0.2) is 0 Å². The summed E-state index contributed by atoms with van der Waals surface area (Å²) in [5, 5.41) is 0. The van der Waals surface area contributed by atoms with Crippen LogP contribution in [0.25, 0.3) is 0 Å². The average molecular weight is 281 g/mol. The molecule has 2 aromatic rings. The molecule has 2 rings (SSSR count). The number of nitrogens with one attached hydrogen (secondary N) is 1. The van der Waals surface area contributed by atoms with Crippen LogP contribution in [0.4, 0.5) is 5.69 Å². The van der Waals surface area contributed by atoms with Crippen molar-refractivity contribution < 1.29 is 12.8 Å². The average Bonchev–Trinajstić information content (AvgIpc) is 2.74. The van der Waals surface area contributed by atoms with Crippen LogP contribution in [0.1, 0.15) is 17.2 Å². The van der Waals surface area contributed by atoms with E-state index >= 15 is 0 Å². The van der Waals surface area contributed by atoms with Crippen molar-refractivity contribution >= 4 is 15.7 Å². The summed E-state index contributed by atoms with van der Waals surface area (Å²) in [6.45, 7) is 3.47. The molecule has 7 heteroatoms. The van der Waals surface area contributed by atoms with Gasteiger partial charge in [0.05, 0.1) is 17.9 Å². The molecule has 0 aliphatic heterocycles.